The van der Waals surface area contributed by atoms with Crippen LogP contribution in [0.25, 0.3) is 0 Å². The van der Waals surface area contributed by atoms with Crippen LogP contribution in [-0.4, -0.2) is 30.7 Å². The number of alkyl halides is 3. The van der Waals surface area contributed by atoms with Crippen molar-refractivity contribution in [2.75, 3.05) is 29.4 Å². The molecule has 3 rings (SSSR count). The Hall–Kier alpha value is -2.82. The van der Waals surface area contributed by atoms with Gasteiger partial charge in [0.15, 0.2) is 5.82 Å². The second-order valence-electron chi connectivity index (χ2n) is 6.34. The van der Waals surface area contributed by atoms with Gasteiger partial charge in [0.1, 0.15) is 0 Å². The SMILES string of the molecule is CCN(c1ccc(C#N)c(C(F)(F)F)c1)[C@H]1CCN(c2ccncc2F)C1. The van der Waals surface area contributed by atoms with Crippen LogP contribution < -0.4 is 9.80 Å². The predicted molar refractivity (Wildman–Crippen MR) is 94.0 cm³/mol. The van der Waals surface area contributed by atoms with Gasteiger partial charge < -0.3 is 9.80 Å². The first-order valence-electron chi connectivity index (χ1n) is 8.57. The van der Waals surface area contributed by atoms with E-state index in [-0.39, 0.29) is 6.04 Å². The van der Waals surface area contributed by atoms with E-state index in [4.69, 9.17) is 5.26 Å². The Morgan fingerprint density at radius 1 is 1.33 bits per heavy atom. The summed E-state index contributed by atoms with van der Waals surface area (Å²) in [6, 6.07) is 6.90. The normalized spacial score (nSPS) is 17.0. The van der Waals surface area contributed by atoms with Gasteiger partial charge in [0, 0.05) is 37.6 Å². The van der Waals surface area contributed by atoms with Gasteiger partial charge in [0.2, 0.25) is 0 Å². The number of hydrogen-bond donors (Lipinski definition) is 0. The summed E-state index contributed by atoms with van der Waals surface area (Å²) in [5, 5.41) is 8.96. The van der Waals surface area contributed by atoms with Crippen LogP contribution in [0, 0.1) is 17.1 Å². The van der Waals surface area contributed by atoms with Crippen LogP contribution in [0.1, 0.15) is 24.5 Å². The topological polar surface area (TPSA) is 43.2 Å². The summed E-state index contributed by atoms with van der Waals surface area (Å²) in [6.45, 7) is 3.46. The van der Waals surface area contributed by atoms with Gasteiger partial charge >= 0.3 is 6.18 Å². The molecule has 1 aromatic carbocycles. The molecule has 1 aliphatic heterocycles. The summed E-state index contributed by atoms with van der Waals surface area (Å²) in [5.74, 6) is -0.418. The zero-order chi connectivity index (χ0) is 19.6. The van der Waals surface area contributed by atoms with Gasteiger partial charge in [-0.1, -0.05) is 0 Å². The number of anilines is 2. The smallest absolute Gasteiger partial charge is 0.367 e. The molecule has 0 bridgehead atoms. The second-order valence-corrected chi connectivity index (χ2v) is 6.34. The minimum Gasteiger partial charge on any atom is -0.367 e. The molecule has 0 spiro atoms. The van der Waals surface area contributed by atoms with Crippen molar-refractivity contribution in [3.05, 3.63) is 53.6 Å². The summed E-state index contributed by atoms with van der Waals surface area (Å²) in [6.07, 6.45) is -1.24. The van der Waals surface area contributed by atoms with Crippen molar-refractivity contribution in [1.82, 2.24) is 4.98 Å². The van der Waals surface area contributed by atoms with E-state index in [0.29, 0.717) is 37.4 Å². The average Bonchev–Trinajstić information content (AvgIpc) is 3.11. The first-order chi connectivity index (χ1) is 12.8. The first-order valence-corrected chi connectivity index (χ1v) is 8.57. The van der Waals surface area contributed by atoms with E-state index < -0.39 is 23.1 Å². The quantitative estimate of drug-likeness (QED) is 0.748. The summed E-state index contributed by atoms with van der Waals surface area (Å²) < 4.78 is 53.8. The van der Waals surface area contributed by atoms with Gasteiger partial charge in [-0.15, -0.1) is 0 Å². The van der Waals surface area contributed by atoms with E-state index in [0.717, 1.165) is 12.3 Å². The fraction of sp³-hybridized carbons (Fsp3) is 0.368. The number of hydrogen-bond acceptors (Lipinski definition) is 4. The second kappa shape index (κ2) is 7.43. The highest BCUT2D eigenvalue weighted by molar-refractivity contribution is 5.57. The molecular formula is C19H18F4N4. The number of pyridine rings is 1. The molecule has 8 heteroatoms. The minimum absolute atomic E-state index is 0.0587. The molecule has 0 saturated carbocycles. The predicted octanol–water partition coefficient (Wildman–Crippen LogP) is 4.22. The Balaban J connectivity index is 1.86. The Morgan fingerprint density at radius 2 is 2.11 bits per heavy atom. The van der Waals surface area contributed by atoms with E-state index in [1.807, 2.05) is 16.7 Å². The van der Waals surface area contributed by atoms with E-state index in [1.165, 1.54) is 18.3 Å². The van der Waals surface area contributed by atoms with Gasteiger partial charge in [-0.25, -0.2) is 4.39 Å². The third-order valence-electron chi connectivity index (χ3n) is 4.80. The number of nitrogens with zero attached hydrogens (tertiary/aromatic N) is 4. The summed E-state index contributed by atoms with van der Waals surface area (Å²) in [5.41, 5.74) is -0.476. The lowest BCUT2D eigenvalue weighted by Gasteiger charge is -2.31. The minimum atomic E-state index is -4.59. The molecule has 0 N–H and O–H groups in total. The van der Waals surface area contributed by atoms with Crippen molar-refractivity contribution in [3.8, 4) is 6.07 Å². The molecule has 1 aromatic heterocycles. The standard InChI is InChI=1S/C19H18F4N4/c1-2-27(14-4-3-13(10-24)16(9-14)19(21,22)23)15-6-8-26(12-15)18-5-7-25-11-17(18)20/h3-5,7,9,11,15H,2,6,8,12H2,1H3/t15-/m0/s1. The zero-order valence-electron chi connectivity index (χ0n) is 14.7. The summed E-state index contributed by atoms with van der Waals surface area (Å²) in [7, 11) is 0. The van der Waals surface area contributed by atoms with E-state index in [9.17, 15) is 17.6 Å². The molecule has 2 aromatic rings. The number of aromatic nitrogens is 1. The fourth-order valence-corrected chi connectivity index (χ4v) is 3.53. The van der Waals surface area contributed by atoms with E-state index in [1.54, 1.807) is 12.1 Å². The Morgan fingerprint density at radius 3 is 2.74 bits per heavy atom. The molecule has 142 valence electrons. The molecule has 1 atom stereocenters. The van der Waals surface area contributed by atoms with Gasteiger partial charge in [-0.05, 0) is 37.6 Å². The molecule has 27 heavy (non-hydrogen) atoms. The maximum atomic E-state index is 14.0. The van der Waals surface area contributed by atoms with Gasteiger partial charge in [-0.3, -0.25) is 4.98 Å². The van der Waals surface area contributed by atoms with Crippen molar-refractivity contribution >= 4 is 11.4 Å². The number of halogens is 4. The maximum Gasteiger partial charge on any atom is 0.417 e. The lowest BCUT2D eigenvalue weighted by molar-refractivity contribution is -0.137. The lowest BCUT2D eigenvalue weighted by atomic mass is 10.1. The number of nitriles is 1. The lowest BCUT2D eigenvalue weighted by Crippen LogP contribution is -2.38. The molecule has 0 unspecified atom stereocenters. The number of benzene rings is 1. The van der Waals surface area contributed by atoms with Crippen LogP contribution in [0.2, 0.25) is 0 Å². The highest BCUT2D eigenvalue weighted by atomic mass is 19.4. The van der Waals surface area contributed by atoms with Crippen LogP contribution in [-0.2, 0) is 6.18 Å². The molecule has 0 amide bonds. The largest absolute Gasteiger partial charge is 0.417 e. The molecule has 0 aliphatic carbocycles. The Labute approximate surface area is 154 Å². The van der Waals surface area contributed by atoms with Crippen LogP contribution >= 0.6 is 0 Å². The average molecular weight is 378 g/mol. The van der Waals surface area contributed by atoms with Crippen LogP contribution in [0.15, 0.2) is 36.7 Å². The highest BCUT2D eigenvalue weighted by Gasteiger charge is 2.35. The summed E-state index contributed by atoms with van der Waals surface area (Å²) >= 11 is 0. The zero-order valence-corrected chi connectivity index (χ0v) is 14.7. The van der Waals surface area contributed by atoms with Gasteiger partial charge in [0.25, 0.3) is 0 Å². The maximum absolute atomic E-state index is 14.0. The summed E-state index contributed by atoms with van der Waals surface area (Å²) in [4.78, 5) is 7.48. The number of rotatable bonds is 4. The molecule has 1 saturated heterocycles. The molecule has 1 aliphatic rings. The van der Waals surface area contributed by atoms with Crippen molar-refractivity contribution in [1.29, 1.82) is 5.26 Å². The number of likely N-dealkylation sites (N-methyl/N-ethyl adjacent to an activating group) is 1. The van der Waals surface area contributed by atoms with Crippen molar-refractivity contribution in [3.63, 3.8) is 0 Å². The third kappa shape index (κ3) is 3.82. The van der Waals surface area contributed by atoms with Gasteiger partial charge in [0.05, 0.1) is 29.1 Å². The highest BCUT2D eigenvalue weighted by Crippen LogP contribution is 2.36. The third-order valence-corrected chi connectivity index (χ3v) is 4.80. The van der Waals surface area contributed by atoms with E-state index >= 15 is 0 Å². The molecule has 1 fully saturated rings. The molecule has 2 heterocycles. The monoisotopic (exact) mass is 378 g/mol. The van der Waals surface area contributed by atoms with Crippen molar-refractivity contribution in [2.45, 2.75) is 25.6 Å². The molecule has 0 radical (unpaired) electrons. The molecule has 4 nitrogen and oxygen atoms in total. The first kappa shape index (κ1) is 19.0. The molecular weight excluding hydrogens is 360 g/mol. The van der Waals surface area contributed by atoms with Gasteiger partial charge in [-0.2, -0.15) is 18.4 Å². The van der Waals surface area contributed by atoms with Crippen LogP contribution in [0.3, 0.4) is 0 Å². The fourth-order valence-electron chi connectivity index (χ4n) is 3.53. The van der Waals surface area contributed by atoms with Crippen LogP contribution in [0.4, 0.5) is 28.9 Å². The Bertz CT molecular complexity index is 860. The van der Waals surface area contributed by atoms with Crippen LogP contribution in [0.5, 0.6) is 0 Å². The van der Waals surface area contributed by atoms with Crippen molar-refractivity contribution < 1.29 is 17.6 Å². The van der Waals surface area contributed by atoms with Crippen molar-refractivity contribution in [2.24, 2.45) is 0 Å². The van der Waals surface area contributed by atoms with E-state index in [2.05, 4.69) is 4.98 Å². The Kier molecular flexibility index (Phi) is 5.22.